The zero-order valence-corrected chi connectivity index (χ0v) is 19.1. The Morgan fingerprint density at radius 3 is 2.48 bits per heavy atom. The molecule has 3 aromatic carbocycles. The van der Waals surface area contributed by atoms with Gasteiger partial charge >= 0.3 is 0 Å². The quantitative estimate of drug-likeness (QED) is 0.449. The third kappa shape index (κ3) is 5.72. The third-order valence-electron chi connectivity index (χ3n) is 5.72. The number of anilines is 1. The molecule has 1 aliphatic rings. The normalized spacial score (nSPS) is 15.0. The first-order chi connectivity index (χ1) is 15.9. The van der Waals surface area contributed by atoms with Gasteiger partial charge < -0.3 is 10.6 Å². The standard InChI is InChI=1S/C26H27N3O3S/c27-23-12-6-8-20(18-23)9-7-13-25(26(30)29-16-4-1-5-17-29)28-33(31,32)24-15-14-21-10-2-3-11-22(21)19-24/h2-3,6,8,10-12,14-15,18-19,25,28H,1,4-5,13,16-17,27H2/t25-/m0/s1. The van der Waals surface area contributed by atoms with Crippen LogP contribution in [-0.2, 0) is 14.8 Å². The van der Waals surface area contributed by atoms with E-state index in [1.54, 1.807) is 41.3 Å². The van der Waals surface area contributed by atoms with Crippen molar-refractivity contribution in [2.75, 3.05) is 18.8 Å². The lowest BCUT2D eigenvalue weighted by Crippen LogP contribution is -2.49. The van der Waals surface area contributed by atoms with Gasteiger partial charge in [-0.25, -0.2) is 8.42 Å². The van der Waals surface area contributed by atoms with Gasteiger partial charge in [0, 0.05) is 30.8 Å². The van der Waals surface area contributed by atoms with Crippen LogP contribution < -0.4 is 10.5 Å². The largest absolute Gasteiger partial charge is 0.399 e. The first-order valence-electron chi connectivity index (χ1n) is 11.1. The van der Waals surface area contributed by atoms with Crippen LogP contribution in [0.3, 0.4) is 0 Å². The van der Waals surface area contributed by atoms with Crippen LogP contribution in [0, 0.1) is 11.8 Å². The molecule has 3 aromatic rings. The molecular weight excluding hydrogens is 434 g/mol. The van der Waals surface area contributed by atoms with Crippen molar-refractivity contribution >= 4 is 32.4 Å². The number of nitrogens with two attached hydrogens (primary N) is 1. The highest BCUT2D eigenvalue weighted by molar-refractivity contribution is 7.89. The van der Waals surface area contributed by atoms with Crippen LogP contribution in [0.15, 0.2) is 71.6 Å². The van der Waals surface area contributed by atoms with Crippen LogP contribution in [-0.4, -0.2) is 38.4 Å². The molecule has 1 aliphatic heterocycles. The lowest BCUT2D eigenvalue weighted by atomic mass is 10.1. The van der Waals surface area contributed by atoms with Crippen molar-refractivity contribution in [2.45, 2.75) is 36.6 Å². The van der Waals surface area contributed by atoms with Crippen LogP contribution in [0.1, 0.15) is 31.2 Å². The molecule has 1 heterocycles. The highest BCUT2D eigenvalue weighted by Gasteiger charge is 2.29. The van der Waals surface area contributed by atoms with Crippen molar-refractivity contribution in [2.24, 2.45) is 0 Å². The highest BCUT2D eigenvalue weighted by Crippen LogP contribution is 2.20. The Bertz CT molecular complexity index is 1320. The molecule has 1 amide bonds. The monoisotopic (exact) mass is 461 g/mol. The molecule has 0 unspecified atom stereocenters. The Balaban J connectivity index is 1.59. The topological polar surface area (TPSA) is 92.5 Å². The van der Waals surface area contributed by atoms with Crippen LogP contribution in [0.5, 0.6) is 0 Å². The molecule has 0 aliphatic carbocycles. The van der Waals surface area contributed by atoms with Crippen molar-refractivity contribution in [1.29, 1.82) is 0 Å². The SMILES string of the molecule is Nc1cccc(C#CC[C@H](NS(=O)(=O)c2ccc3ccccc3c2)C(=O)N2CCCCC2)c1. The number of nitrogens with one attached hydrogen (secondary N) is 1. The number of fused-ring (bicyclic) bond motifs is 1. The number of likely N-dealkylation sites (tertiary alicyclic amines) is 1. The Morgan fingerprint density at radius 2 is 1.73 bits per heavy atom. The summed E-state index contributed by atoms with van der Waals surface area (Å²) in [6, 6.07) is 18.7. The molecule has 1 atom stereocenters. The molecule has 1 fully saturated rings. The molecule has 4 rings (SSSR count). The van der Waals surface area contributed by atoms with E-state index in [2.05, 4.69) is 16.6 Å². The number of carbonyl (C=O) groups excluding carboxylic acids is 1. The average Bonchev–Trinajstić information content (AvgIpc) is 2.83. The van der Waals surface area contributed by atoms with E-state index in [4.69, 9.17) is 5.73 Å². The first kappa shape index (κ1) is 22.8. The van der Waals surface area contributed by atoms with E-state index in [0.29, 0.717) is 18.8 Å². The van der Waals surface area contributed by atoms with E-state index in [1.165, 1.54) is 0 Å². The molecule has 33 heavy (non-hydrogen) atoms. The van der Waals surface area contributed by atoms with E-state index < -0.39 is 16.1 Å². The zero-order valence-electron chi connectivity index (χ0n) is 18.3. The van der Waals surface area contributed by atoms with Crippen LogP contribution >= 0.6 is 0 Å². The molecule has 0 aromatic heterocycles. The predicted molar refractivity (Wildman–Crippen MR) is 131 cm³/mol. The highest BCUT2D eigenvalue weighted by atomic mass is 32.2. The molecule has 7 heteroatoms. The number of sulfonamides is 1. The summed E-state index contributed by atoms with van der Waals surface area (Å²) in [5.41, 5.74) is 7.12. The summed E-state index contributed by atoms with van der Waals surface area (Å²) in [4.78, 5) is 15.1. The second-order valence-corrected chi connectivity index (χ2v) is 9.91. The smallest absolute Gasteiger partial charge is 0.241 e. The van der Waals surface area contributed by atoms with Gasteiger partial charge in [0.25, 0.3) is 0 Å². The molecule has 1 saturated heterocycles. The van der Waals surface area contributed by atoms with Gasteiger partial charge in [-0.15, -0.1) is 0 Å². The zero-order chi connectivity index (χ0) is 23.3. The minimum atomic E-state index is -3.92. The molecule has 0 bridgehead atoms. The van der Waals surface area contributed by atoms with E-state index in [9.17, 15) is 13.2 Å². The number of piperidine rings is 1. The number of hydrogen-bond acceptors (Lipinski definition) is 4. The van der Waals surface area contributed by atoms with Gasteiger partial charge in [-0.2, -0.15) is 4.72 Å². The summed E-state index contributed by atoms with van der Waals surface area (Å²) in [6.07, 6.45) is 2.99. The maximum Gasteiger partial charge on any atom is 0.241 e. The number of nitrogen functional groups attached to an aromatic ring is 1. The first-order valence-corrected chi connectivity index (χ1v) is 12.5. The van der Waals surface area contributed by atoms with Crippen LogP contribution in [0.25, 0.3) is 10.8 Å². The summed E-state index contributed by atoms with van der Waals surface area (Å²) < 4.78 is 29.0. The van der Waals surface area contributed by atoms with Gasteiger partial charge in [0.05, 0.1) is 4.90 Å². The maximum absolute atomic E-state index is 13.2. The Hall–Kier alpha value is -3.34. The second kappa shape index (κ2) is 10.1. The summed E-state index contributed by atoms with van der Waals surface area (Å²) in [7, 11) is -3.92. The van der Waals surface area contributed by atoms with E-state index >= 15 is 0 Å². The summed E-state index contributed by atoms with van der Waals surface area (Å²) in [6.45, 7) is 1.27. The Labute approximate surface area is 194 Å². The van der Waals surface area contributed by atoms with Crippen molar-refractivity contribution in [3.8, 4) is 11.8 Å². The fourth-order valence-corrected chi connectivity index (χ4v) is 5.20. The van der Waals surface area contributed by atoms with Crippen LogP contribution in [0.2, 0.25) is 0 Å². The molecule has 170 valence electrons. The number of benzene rings is 3. The fraction of sp³-hybridized carbons (Fsp3) is 0.269. The van der Waals surface area contributed by atoms with Gasteiger partial charge in [-0.05, 0) is 60.4 Å². The summed E-state index contributed by atoms with van der Waals surface area (Å²) >= 11 is 0. The maximum atomic E-state index is 13.2. The number of nitrogens with zero attached hydrogens (tertiary/aromatic N) is 1. The second-order valence-electron chi connectivity index (χ2n) is 8.20. The van der Waals surface area contributed by atoms with Crippen molar-refractivity contribution < 1.29 is 13.2 Å². The molecule has 0 radical (unpaired) electrons. The van der Waals surface area contributed by atoms with E-state index in [1.807, 2.05) is 30.3 Å². The molecule has 0 saturated carbocycles. The minimum absolute atomic E-state index is 0.0664. The lowest BCUT2D eigenvalue weighted by molar-refractivity contribution is -0.133. The number of hydrogen-bond donors (Lipinski definition) is 2. The molecule has 0 spiro atoms. The minimum Gasteiger partial charge on any atom is -0.399 e. The number of carbonyl (C=O) groups is 1. The van der Waals surface area contributed by atoms with Crippen molar-refractivity contribution in [3.63, 3.8) is 0 Å². The van der Waals surface area contributed by atoms with Gasteiger partial charge in [0.15, 0.2) is 0 Å². The Kier molecular flexibility index (Phi) is 6.97. The van der Waals surface area contributed by atoms with E-state index in [0.717, 1.165) is 35.6 Å². The van der Waals surface area contributed by atoms with Gasteiger partial charge in [0.1, 0.15) is 6.04 Å². The van der Waals surface area contributed by atoms with Crippen LogP contribution in [0.4, 0.5) is 5.69 Å². The summed E-state index contributed by atoms with van der Waals surface area (Å²) in [5, 5.41) is 1.77. The van der Waals surface area contributed by atoms with Gasteiger partial charge in [-0.3, -0.25) is 4.79 Å². The fourth-order valence-electron chi connectivity index (χ4n) is 3.98. The number of amides is 1. The van der Waals surface area contributed by atoms with E-state index in [-0.39, 0.29) is 17.2 Å². The number of rotatable bonds is 5. The van der Waals surface area contributed by atoms with Gasteiger partial charge in [0.2, 0.25) is 15.9 Å². The lowest BCUT2D eigenvalue weighted by Gasteiger charge is -2.30. The molecule has 6 nitrogen and oxygen atoms in total. The molecule has 3 N–H and O–H groups in total. The van der Waals surface area contributed by atoms with Gasteiger partial charge in [-0.1, -0.05) is 48.2 Å². The molecular formula is C26H27N3O3S. The average molecular weight is 462 g/mol. The van der Waals surface area contributed by atoms with Crippen molar-refractivity contribution in [3.05, 3.63) is 72.3 Å². The Morgan fingerprint density at radius 1 is 0.970 bits per heavy atom. The van der Waals surface area contributed by atoms with Crippen molar-refractivity contribution in [1.82, 2.24) is 9.62 Å². The summed E-state index contributed by atoms with van der Waals surface area (Å²) in [5.74, 6) is 5.73. The third-order valence-corrected chi connectivity index (χ3v) is 7.19. The predicted octanol–water partition coefficient (Wildman–Crippen LogP) is 3.52.